The Bertz CT molecular complexity index is 408. The minimum Gasteiger partial charge on any atom is -0.370 e. The summed E-state index contributed by atoms with van der Waals surface area (Å²) in [4.78, 5) is 14.2. The van der Waals surface area contributed by atoms with Gasteiger partial charge in [0, 0.05) is 6.54 Å². The Morgan fingerprint density at radius 3 is 3.11 bits per heavy atom. The zero-order valence-corrected chi connectivity index (χ0v) is 12.4. The van der Waals surface area contributed by atoms with E-state index in [1.54, 1.807) is 11.3 Å². The zero-order valence-electron chi connectivity index (χ0n) is 11.5. The van der Waals surface area contributed by atoms with Gasteiger partial charge in [0.05, 0.1) is 19.2 Å². The SMILES string of the molecule is CCC(C)C(N)C(=O)N1CCOC(c2ccsc2)C1. The number of morpholine rings is 1. The number of carbonyl (C=O) groups excluding carboxylic acids is 1. The average Bonchev–Trinajstić information content (AvgIpc) is 2.99. The van der Waals surface area contributed by atoms with Gasteiger partial charge in [-0.1, -0.05) is 20.3 Å². The average molecular weight is 282 g/mol. The molecule has 0 spiro atoms. The van der Waals surface area contributed by atoms with Crippen LogP contribution in [0.2, 0.25) is 0 Å². The van der Waals surface area contributed by atoms with Crippen LogP contribution in [0.5, 0.6) is 0 Å². The number of thiophene rings is 1. The molecule has 19 heavy (non-hydrogen) atoms. The van der Waals surface area contributed by atoms with Gasteiger partial charge in [-0.2, -0.15) is 11.3 Å². The van der Waals surface area contributed by atoms with Crippen LogP contribution in [0, 0.1) is 5.92 Å². The molecule has 1 amide bonds. The molecule has 4 nitrogen and oxygen atoms in total. The lowest BCUT2D eigenvalue weighted by Crippen LogP contribution is -2.51. The molecular weight excluding hydrogens is 260 g/mol. The molecule has 0 aliphatic carbocycles. The summed E-state index contributed by atoms with van der Waals surface area (Å²) < 4.78 is 5.74. The number of amides is 1. The molecule has 0 aromatic carbocycles. The van der Waals surface area contributed by atoms with Crippen LogP contribution in [-0.2, 0) is 9.53 Å². The van der Waals surface area contributed by atoms with Crippen LogP contribution >= 0.6 is 11.3 Å². The molecule has 2 heterocycles. The van der Waals surface area contributed by atoms with E-state index in [4.69, 9.17) is 10.5 Å². The largest absolute Gasteiger partial charge is 0.370 e. The number of rotatable bonds is 4. The van der Waals surface area contributed by atoms with E-state index in [1.807, 2.05) is 17.2 Å². The Kier molecular flexibility index (Phi) is 4.96. The molecule has 1 aliphatic heterocycles. The van der Waals surface area contributed by atoms with Gasteiger partial charge in [-0.05, 0) is 28.3 Å². The Morgan fingerprint density at radius 1 is 1.68 bits per heavy atom. The summed E-state index contributed by atoms with van der Waals surface area (Å²) in [5.41, 5.74) is 7.19. The van der Waals surface area contributed by atoms with Gasteiger partial charge in [-0.3, -0.25) is 4.79 Å². The molecule has 0 saturated carbocycles. The number of nitrogens with two attached hydrogens (primary N) is 1. The molecule has 1 saturated heterocycles. The van der Waals surface area contributed by atoms with Gasteiger partial charge >= 0.3 is 0 Å². The second kappa shape index (κ2) is 6.50. The molecule has 2 N–H and O–H groups in total. The van der Waals surface area contributed by atoms with Gasteiger partial charge in [0.25, 0.3) is 0 Å². The molecule has 0 radical (unpaired) electrons. The molecule has 2 rings (SSSR count). The number of ether oxygens (including phenoxy) is 1. The molecule has 1 aromatic heterocycles. The summed E-state index contributed by atoms with van der Waals surface area (Å²) in [6.07, 6.45) is 0.915. The third-order valence-electron chi connectivity index (χ3n) is 3.84. The van der Waals surface area contributed by atoms with Crippen molar-refractivity contribution in [3.63, 3.8) is 0 Å². The van der Waals surface area contributed by atoms with Crippen molar-refractivity contribution in [3.8, 4) is 0 Å². The lowest BCUT2D eigenvalue weighted by molar-refractivity contribution is -0.141. The van der Waals surface area contributed by atoms with Crippen LogP contribution < -0.4 is 5.73 Å². The first-order valence-electron chi connectivity index (χ1n) is 6.81. The van der Waals surface area contributed by atoms with Crippen molar-refractivity contribution in [2.45, 2.75) is 32.4 Å². The molecule has 1 fully saturated rings. The van der Waals surface area contributed by atoms with E-state index in [0.717, 1.165) is 12.0 Å². The molecule has 1 aliphatic rings. The highest BCUT2D eigenvalue weighted by Gasteiger charge is 2.30. The maximum atomic E-state index is 12.4. The minimum absolute atomic E-state index is 0.00640. The topological polar surface area (TPSA) is 55.6 Å². The molecule has 5 heteroatoms. The maximum Gasteiger partial charge on any atom is 0.239 e. The Balaban J connectivity index is 1.99. The van der Waals surface area contributed by atoms with Crippen LogP contribution in [0.25, 0.3) is 0 Å². The van der Waals surface area contributed by atoms with Crippen LogP contribution in [0.4, 0.5) is 0 Å². The van der Waals surface area contributed by atoms with Gasteiger partial charge in [-0.15, -0.1) is 0 Å². The van der Waals surface area contributed by atoms with Crippen LogP contribution in [0.15, 0.2) is 16.8 Å². The van der Waals surface area contributed by atoms with E-state index in [1.165, 1.54) is 0 Å². The van der Waals surface area contributed by atoms with Crippen molar-refractivity contribution in [1.82, 2.24) is 4.90 Å². The number of hydrogen-bond acceptors (Lipinski definition) is 4. The highest BCUT2D eigenvalue weighted by atomic mass is 32.1. The first-order chi connectivity index (χ1) is 9.13. The molecule has 106 valence electrons. The monoisotopic (exact) mass is 282 g/mol. The van der Waals surface area contributed by atoms with Crippen molar-refractivity contribution in [2.24, 2.45) is 11.7 Å². The van der Waals surface area contributed by atoms with Gasteiger partial charge < -0.3 is 15.4 Å². The summed E-state index contributed by atoms with van der Waals surface area (Å²) in [6.45, 7) is 5.92. The van der Waals surface area contributed by atoms with Crippen LogP contribution in [0.1, 0.15) is 31.9 Å². The smallest absolute Gasteiger partial charge is 0.239 e. The van der Waals surface area contributed by atoms with Crippen molar-refractivity contribution in [1.29, 1.82) is 0 Å². The summed E-state index contributed by atoms with van der Waals surface area (Å²) >= 11 is 1.65. The summed E-state index contributed by atoms with van der Waals surface area (Å²) in [5, 5.41) is 4.11. The fourth-order valence-corrected chi connectivity index (χ4v) is 2.92. The fourth-order valence-electron chi connectivity index (χ4n) is 2.22. The van der Waals surface area contributed by atoms with E-state index in [0.29, 0.717) is 19.7 Å². The lowest BCUT2D eigenvalue weighted by atomic mass is 9.98. The van der Waals surface area contributed by atoms with Crippen molar-refractivity contribution < 1.29 is 9.53 Å². The number of carbonyl (C=O) groups is 1. The molecule has 0 bridgehead atoms. The Labute approximate surface area is 118 Å². The summed E-state index contributed by atoms with van der Waals surface area (Å²) in [6, 6.07) is 1.66. The lowest BCUT2D eigenvalue weighted by Gasteiger charge is -2.35. The first-order valence-corrected chi connectivity index (χ1v) is 7.75. The van der Waals surface area contributed by atoms with Crippen molar-refractivity contribution in [3.05, 3.63) is 22.4 Å². The fraction of sp³-hybridized carbons (Fsp3) is 0.643. The normalized spacial score (nSPS) is 23.1. The Hall–Kier alpha value is -0.910. The number of hydrogen-bond donors (Lipinski definition) is 1. The second-order valence-electron chi connectivity index (χ2n) is 5.11. The zero-order chi connectivity index (χ0) is 13.8. The van der Waals surface area contributed by atoms with Gasteiger partial charge in [-0.25, -0.2) is 0 Å². The van der Waals surface area contributed by atoms with Gasteiger partial charge in [0.1, 0.15) is 6.10 Å². The van der Waals surface area contributed by atoms with Crippen LogP contribution in [-0.4, -0.2) is 36.5 Å². The van der Waals surface area contributed by atoms with Crippen LogP contribution in [0.3, 0.4) is 0 Å². The third kappa shape index (κ3) is 3.35. The Morgan fingerprint density at radius 2 is 2.47 bits per heavy atom. The maximum absolute atomic E-state index is 12.4. The van der Waals surface area contributed by atoms with E-state index in [-0.39, 0.29) is 17.9 Å². The highest BCUT2D eigenvalue weighted by molar-refractivity contribution is 7.07. The quantitative estimate of drug-likeness (QED) is 0.919. The number of nitrogens with zero attached hydrogens (tertiary/aromatic N) is 1. The second-order valence-corrected chi connectivity index (χ2v) is 5.89. The summed E-state index contributed by atoms with van der Waals surface area (Å²) in [7, 11) is 0. The van der Waals surface area contributed by atoms with Crippen molar-refractivity contribution >= 4 is 17.2 Å². The molecule has 1 aromatic rings. The van der Waals surface area contributed by atoms with Gasteiger partial charge in [0.2, 0.25) is 5.91 Å². The summed E-state index contributed by atoms with van der Waals surface area (Å²) in [5.74, 6) is 0.271. The standard InChI is InChI=1S/C14H22N2O2S/c1-3-10(2)13(15)14(17)16-5-6-18-12(8-16)11-4-7-19-9-11/h4,7,9-10,12-13H,3,5-6,8,15H2,1-2H3. The first kappa shape index (κ1) is 14.5. The molecule has 3 atom stereocenters. The molecule has 3 unspecified atom stereocenters. The third-order valence-corrected chi connectivity index (χ3v) is 4.54. The van der Waals surface area contributed by atoms with E-state index in [9.17, 15) is 4.79 Å². The van der Waals surface area contributed by atoms with E-state index < -0.39 is 6.04 Å². The van der Waals surface area contributed by atoms with Crippen molar-refractivity contribution in [2.75, 3.05) is 19.7 Å². The predicted octanol–water partition coefficient (Wildman–Crippen LogP) is 2.02. The van der Waals surface area contributed by atoms with Gasteiger partial charge in [0.15, 0.2) is 0 Å². The highest BCUT2D eigenvalue weighted by Crippen LogP contribution is 2.24. The van der Waals surface area contributed by atoms with E-state index in [2.05, 4.69) is 18.4 Å². The minimum atomic E-state index is -0.397. The predicted molar refractivity (Wildman–Crippen MR) is 77.0 cm³/mol. The van der Waals surface area contributed by atoms with E-state index >= 15 is 0 Å². The molecular formula is C14H22N2O2S.